The summed E-state index contributed by atoms with van der Waals surface area (Å²) in [6.07, 6.45) is 3.36. The molecule has 8 heteroatoms. The third kappa shape index (κ3) is 6.13. The average molecular weight is 515 g/mol. The molecule has 0 fully saturated rings. The lowest BCUT2D eigenvalue weighted by atomic mass is 10.2. The first-order chi connectivity index (χ1) is 17.6. The van der Waals surface area contributed by atoms with E-state index in [0.29, 0.717) is 24.7 Å². The molecule has 0 aliphatic carbocycles. The molecule has 0 radical (unpaired) electrons. The highest BCUT2D eigenvalue weighted by molar-refractivity contribution is 8.77. The summed E-state index contributed by atoms with van der Waals surface area (Å²) in [5.41, 5.74) is 1.66. The van der Waals surface area contributed by atoms with Crippen LogP contribution in [-0.2, 0) is 9.59 Å². The number of aromatic nitrogens is 2. The van der Waals surface area contributed by atoms with Gasteiger partial charge in [0.2, 0.25) is 11.8 Å². The quantitative estimate of drug-likeness (QED) is 0.141. The molecule has 0 bridgehead atoms. The van der Waals surface area contributed by atoms with Crippen LogP contribution in [-0.4, -0.2) is 46.4 Å². The third-order valence-electron chi connectivity index (χ3n) is 5.39. The van der Waals surface area contributed by atoms with Gasteiger partial charge in [0.05, 0.1) is 22.5 Å². The maximum Gasteiger partial charge on any atom is 0.239 e. The normalized spacial score (nSPS) is 10.8. The van der Waals surface area contributed by atoms with E-state index in [2.05, 4.69) is 23.1 Å². The zero-order chi connectivity index (χ0) is 25.3. The molecule has 0 saturated heterocycles. The van der Waals surface area contributed by atoms with Gasteiger partial charge < -0.3 is 0 Å². The van der Waals surface area contributed by atoms with E-state index in [0.717, 1.165) is 21.8 Å². The fraction of sp³-hybridized carbons (Fsp3) is 0.143. The third-order valence-corrected chi connectivity index (χ3v) is 7.50. The van der Waals surface area contributed by atoms with E-state index < -0.39 is 0 Å². The summed E-state index contributed by atoms with van der Waals surface area (Å²) in [5, 5.41) is 2.03. The molecule has 0 unspecified atom stereocenters. The van der Waals surface area contributed by atoms with E-state index >= 15 is 0 Å². The predicted octanol–water partition coefficient (Wildman–Crippen LogP) is 5.90. The number of rotatable bonds is 11. The maximum absolute atomic E-state index is 13.0. The van der Waals surface area contributed by atoms with Crippen LogP contribution in [0.2, 0.25) is 0 Å². The molecule has 4 aromatic rings. The topological polar surface area (TPSA) is 66.4 Å². The van der Waals surface area contributed by atoms with Gasteiger partial charge in [-0.1, -0.05) is 70.1 Å². The number of hydrogen-bond donors (Lipinski definition) is 0. The lowest BCUT2D eigenvalue weighted by Gasteiger charge is -2.21. The standard InChI is InChI=1S/C28H26N4O2S2/c1-3-17-31(25-15-13-21-9-5-7-11-23(21)29-25)27(33)19-35-36-20-28(34)32(18-4-2)26-16-14-22-10-6-8-12-24(22)30-26/h3-16H,1-2,17-20H2. The van der Waals surface area contributed by atoms with Gasteiger partial charge in [0.15, 0.2) is 0 Å². The van der Waals surface area contributed by atoms with Gasteiger partial charge in [0, 0.05) is 23.9 Å². The molecule has 0 aliphatic rings. The van der Waals surface area contributed by atoms with Crippen LogP contribution in [0.3, 0.4) is 0 Å². The molecular weight excluding hydrogens is 488 g/mol. The van der Waals surface area contributed by atoms with Crippen LogP contribution in [0.25, 0.3) is 21.8 Å². The Bertz CT molecular complexity index is 1300. The molecule has 0 atom stereocenters. The molecule has 2 amide bonds. The van der Waals surface area contributed by atoms with E-state index in [1.165, 1.54) is 21.6 Å². The second-order valence-corrected chi connectivity index (χ2v) is 10.3. The number of pyridine rings is 2. The van der Waals surface area contributed by atoms with Crippen molar-refractivity contribution in [3.63, 3.8) is 0 Å². The van der Waals surface area contributed by atoms with Crippen molar-refractivity contribution >= 4 is 66.8 Å². The van der Waals surface area contributed by atoms with Crippen LogP contribution in [0.4, 0.5) is 11.6 Å². The second-order valence-electron chi connectivity index (χ2n) is 7.83. The van der Waals surface area contributed by atoms with Gasteiger partial charge in [-0.05, 0) is 36.4 Å². The fourth-order valence-corrected chi connectivity index (χ4v) is 5.44. The van der Waals surface area contributed by atoms with Gasteiger partial charge >= 0.3 is 0 Å². The molecule has 0 N–H and O–H groups in total. The Kier molecular flexibility index (Phi) is 8.76. The van der Waals surface area contributed by atoms with Crippen LogP contribution < -0.4 is 9.80 Å². The van der Waals surface area contributed by atoms with Gasteiger partial charge in [0.25, 0.3) is 0 Å². The highest BCUT2D eigenvalue weighted by Gasteiger charge is 2.19. The summed E-state index contributed by atoms with van der Waals surface area (Å²) in [5.74, 6) is 1.38. The highest BCUT2D eigenvalue weighted by atomic mass is 33.1. The van der Waals surface area contributed by atoms with Crippen LogP contribution in [0.5, 0.6) is 0 Å². The maximum atomic E-state index is 13.0. The summed E-state index contributed by atoms with van der Waals surface area (Å²) >= 11 is 0. The Morgan fingerprint density at radius 3 is 1.50 bits per heavy atom. The zero-order valence-corrected chi connectivity index (χ0v) is 21.4. The van der Waals surface area contributed by atoms with Crippen molar-refractivity contribution in [3.05, 3.63) is 98.1 Å². The summed E-state index contributed by atoms with van der Waals surface area (Å²) in [6, 6.07) is 23.2. The minimum absolute atomic E-state index is 0.0956. The fourth-order valence-electron chi connectivity index (χ4n) is 3.66. The van der Waals surface area contributed by atoms with Crippen molar-refractivity contribution in [2.45, 2.75) is 0 Å². The Hall–Kier alpha value is -3.62. The number of hydrogen-bond acceptors (Lipinski definition) is 6. The average Bonchev–Trinajstić information content (AvgIpc) is 2.92. The second kappa shape index (κ2) is 12.4. The minimum atomic E-state index is -0.0956. The molecule has 6 nitrogen and oxygen atoms in total. The van der Waals surface area contributed by atoms with Gasteiger partial charge in [-0.15, -0.1) is 13.2 Å². The van der Waals surface area contributed by atoms with Crippen molar-refractivity contribution in [2.75, 3.05) is 34.4 Å². The molecule has 2 aromatic carbocycles. The van der Waals surface area contributed by atoms with Gasteiger partial charge in [0.1, 0.15) is 11.6 Å². The molecule has 0 aliphatic heterocycles. The van der Waals surface area contributed by atoms with Crippen LogP contribution in [0.15, 0.2) is 98.1 Å². The predicted molar refractivity (Wildman–Crippen MR) is 154 cm³/mol. The van der Waals surface area contributed by atoms with Crippen LogP contribution >= 0.6 is 21.6 Å². The molecule has 4 rings (SSSR count). The smallest absolute Gasteiger partial charge is 0.239 e. The molecule has 0 saturated carbocycles. The van der Waals surface area contributed by atoms with E-state index in [-0.39, 0.29) is 23.3 Å². The molecule has 2 heterocycles. The lowest BCUT2D eigenvalue weighted by molar-refractivity contribution is -0.116. The van der Waals surface area contributed by atoms with Crippen molar-refractivity contribution in [3.8, 4) is 0 Å². The molecule has 2 aromatic heterocycles. The number of nitrogens with zero attached hydrogens (tertiary/aromatic N) is 4. The molecule has 36 heavy (non-hydrogen) atoms. The summed E-state index contributed by atoms with van der Waals surface area (Å²) in [6.45, 7) is 8.27. The number of amides is 2. The largest absolute Gasteiger partial charge is 0.292 e. The first kappa shape index (κ1) is 25.5. The van der Waals surface area contributed by atoms with E-state index in [1.807, 2.05) is 72.8 Å². The zero-order valence-electron chi connectivity index (χ0n) is 19.7. The Morgan fingerprint density at radius 1 is 0.667 bits per heavy atom. The van der Waals surface area contributed by atoms with Crippen molar-refractivity contribution in [2.24, 2.45) is 0 Å². The Labute approximate surface area is 218 Å². The molecule has 182 valence electrons. The van der Waals surface area contributed by atoms with Crippen molar-refractivity contribution in [1.29, 1.82) is 0 Å². The van der Waals surface area contributed by atoms with Gasteiger partial charge in [-0.3, -0.25) is 19.4 Å². The van der Waals surface area contributed by atoms with Crippen molar-refractivity contribution < 1.29 is 9.59 Å². The van der Waals surface area contributed by atoms with Gasteiger partial charge in [-0.2, -0.15) is 0 Å². The van der Waals surface area contributed by atoms with E-state index in [9.17, 15) is 9.59 Å². The number of fused-ring (bicyclic) bond motifs is 2. The number of carbonyl (C=O) groups excluding carboxylic acids is 2. The molecular formula is C28H26N4O2S2. The lowest BCUT2D eigenvalue weighted by Crippen LogP contribution is -2.34. The summed E-state index contributed by atoms with van der Waals surface area (Å²) < 4.78 is 0. The van der Waals surface area contributed by atoms with Crippen LogP contribution in [0, 0.1) is 0 Å². The number of carbonyl (C=O) groups is 2. The number of benzene rings is 2. The Morgan fingerprint density at radius 2 is 1.08 bits per heavy atom. The SMILES string of the molecule is C=CCN(C(=O)CSSCC(=O)N(CC=C)c1ccc2ccccc2n1)c1ccc2ccccc2n1. The number of anilines is 2. The van der Waals surface area contributed by atoms with Crippen LogP contribution in [0.1, 0.15) is 0 Å². The first-order valence-electron chi connectivity index (χ1n) is 11.4. The van der Waals surface area contributed by atoms with E-state index in [4.69, 9.17) is 0 Å². The minimum Gasteiger partial charge on any atom is -0.292 e. The monoisotopic (exact) mass is 514 g/mol. The van der Waals surface area contributed by atoms with Crippen molar-refractivity contribution in [1.82, 2.24) is 9.97 Å². The van der Waals surface area contributed by atoms with E-state index in [1.54, 1.807) is 22.0 Å². The molecule has 0 spiro atoms. The summed E-state index contributed by atoms with van der Waals surface area (Å²) in [4.78, 5) is 38.5. The first-order valence-corrected chi connectivity index (χ1v) is 13.9. The van der Waals surface area contributed by atoms with Gasteiger partial charge in [-0.25, -0.2) is 9.97 Å². The summed E-state index contributed by atoms with van der Waals surface area (Å²) in [7, 11) is 2.69. The number of para-hydroxylation sites is 2. The Balaban J connectivity index is 1.36. The highest BCUT2D eigenvalue weighted by Crippen LogP contribution is 2.26.